The molecule has 0 aliphatic rings. The molecule has 12 heavy (non-hydrogen) atoms. The molecule has 3 N–H and O–H groups in total. The van der Waals surface area contributed by atoms with Crippen molar-refractivity contribution in [3.63, 3.8) is 0 Å². The van der Waals surface area contributed by atoms with Gasteiger partial charge in [-0.1, -0.05) is 0 Å². The van der Waals surface area contributed by atoms with Gasteiger partial charge in [-0.25, -0.2) is 0 Å². The van der Waals surface area contributed by atoms with Crippen LogP contribution in [0, 0.1) is 0 Å². The average Bonchev–Trinajstić information content (AvgIpc) is 2.32. The molecule has 1 aromatic rings. The third kappa shape index (κ3) is 1.46. The summed E-state index contributed by atoms with van der Waals surface area (Å²) in [6.45, 7) is 0. The Morgan fingerprint density at radius 3 is 2.67 bits per heavy atom. The highest BCUT2D eigenvalue weighted by atomic mass is 79.9. The Balaban J connectivity index is 3.17. The van der Waals surface area contributed by atoms with Crippen LogP contribution in [0.3, 0.4) is 0 Å². The number of nitrogen functional groups attached to an aromatic ring is 1. The van der Waals surface area contributed by atoms with Crippen molar-refractivity contribution >= 4 is 43.7 Å². The Morgan fingerprint density at radius 1 is 1.75 bits per heavy atom. The molecule has 1 heterocycles. The predicted octanol–water partition coefficient (Wildman–Crippen LogP) is 0.804. The molecule has 0 saturated carbocycles. The summed E-state index contributed by atoms with van der Waals surface area (Å²) in [5.41, 5.74) is 6.09. The van der Waals surface area contributed by atoms with Gasteiger partial charge in [0.2, 0.25) is 0 Å². The van der Waals surface area contributed by atoms with Crippen molar-refractivity contribution in [2.75, 3.05) is 5.73 Å². The molecular weight excluding hydrogens is 292 g/mol. The first-order chi connectivity index (χ1) is 5.57. The van der Waals surface area contributed by atoms with E-state index in [1.807, 2.05) is 0 Å². The summed E-state index contributed by atoms with van der Waals surface area (Å²) in [5.74, 6) is -0.367. The van der Waals surface area contributed by atoms with E-state index in [-0.39, 0.29) is 11.6 Å². The molecule has 1 rings (SSSR count). The summed E-state index contributed by atoms with van der Waals surface area (Å²) >= 11 is 5.98. The molecule has 1 amide bonds. The molecule has 1 aromatic heterocycles. The molecule has 0 unspecified atom stereocenters. The van der Waals surface area contributed by atoms with Gasteiger partial charge >= 0.3 is 0 Å². The standard InChI is InChI=1S/C5H6Br2N4O/c1-11-4(6)2(8)3(10-11)5(12)9-7/h8H2,1H3,(H,9,12). The molecule has 7 heteroatoms. The van der Waals surface area contributed by atoms with E-state index in [9.17, 15) is 4.79 Å². The van der Waals surface area contributed by atoms with Crippen LogP contribution in [-0.2, 0) is 7.05 Å². The van der Waals surface area contributed by atoms with E-state index in [2.05, 4.69) is 41.5 Å². The van der Waals surface area contributed by atoms with E-state index in [0.29, 0.717) is 10.3 Å². The molecule has 5 nitrogen and oxygen atoms in total. The van der Waals surface area contributed by atoms with Crippen LogP contribution in [-0.4, -0.2) is 15.7 Å². The molecule has 0 fully saturated rings. The number of nitrogens with one attached hydrogen (secondary N) is 1. The minimum absolute atomic E-state index is 0.196. The van der Waals surface area contributed by atoms with Crippen LogP contribution in [0.1, 0.15) is 10.5 Å². The number of hydrogen-bond donors (Lipinski definition) is 2. The fourth-order valence-corrected chi connectivity index (χ4v) is 1.19. The molecule has 0 aromatic carbocycles. The van der Waals surface area contributed by atoms with Gasteiger partial charge in [-0.05, 0) is 15.9 Å². The summed E-state index contributed by atoms with van der Waals surface area (Å²) in [5, 5.41) is 3.88. The van der Waals surface area contributed by atoms with Crippen LogP contribution in [0.25, 0.3) is 0 Å². The van der Waals surface area contributed by atoms with Crippen molar-refractivity contribution in [1.82, 2.24) is 14.1 Å². The van der Waals surface area contributed by atoms with Crippen LogP contribution in [0.15, 0.2) is 4.60 Å². The van der Waals surface area contributed by atoms with Crippen molar-refractivity contribution < 1.29 is 4.79 Å². The van der Waals surface area contributed by atoms with Crippen LogP contribution < -0.4 is 10.1 Å². The highest BCUT2D eigenvalue weighted by Gasteiger charge is 2.16. The Labute approximate surface area is 85.8 Å². The van der Waals surface area contributed by atoms with Gasteiger partial charge in [0.25, 0.3) is 5.91 Å². The van der Waals surface area contributed by atoms with Crippen LogP contribution >= 0.6 is 32.1 Å². The van der Waals surface area contributed by atoms with E-state index in [0.717, 1.165) is 0 Å². The van der Waals surface area contributed by atoms with Crippen molar-refractivity contribution in [2.24, 2.45) is 7.05 Å². The van der Waals surface area contributed by atoms with E-state index in [1.54, 1.807) is 7.05 Å². The number of aromatic nitrogens is 2. The average molecular weight is 298 g/mol. The van der Waals surface area contributed by atoms with E-state index >= 15 is 0 Å². The highest BCUT2D eigenvalue weighted by Crippen LogP contribution is 2.21. The first kappa shape index (κ1) is 9.53. The van der Waals surface area contributed by atoms with Crippen molar-refractivity contribution in [3.05, 3.63) is 10.3 Å². The number of carbonyl (C=O) groups excluding carboxylic acids is 1. The lowest BCUT2D eigenvalue weighted by Gasteiger charge is -1.92. The number of nitrogens with two attached hydrogens (primary N) is 1. The molecule has 0 saturated heterocycles. The molecule has 66 valence electrons. The number of halogens is 2. The van der Waals surface area contributed by atoms with Crippen LogP contribution in [0.5, 0.6) is 0 Å². The fraction of sp³-hybridized carbons (Fsp3) is 0.200. The quantitative estimate of drug-likeness (QED) is 0.753. The number of aryl methyl sites for hydroxylation is 1. The van der Waals surface area contributed by atoms with Crippen LogP contribution in [0.4, 0.5) is 5.69 Å². The van der Waals surface area contributed by atoms with E-state index in [4.69, 9.17) is 5.73 Å². The topological polar surface area (TPSA) is 72.9 Å². The largest absolute Gasteiger partial charge is 0.395 e. The zero-order valence-corrected chi connectivity index (χ0v) is 9.31. The third-order valence-corrected chi connectivity index (χ3v) is 2.61. The Hall–Kier alpha value is -0.560. The smallest absolute Gasteiger partial charge is 0.283 e. The fourth-order valence-electron chi connectivity index (χ4n) is 0.732. The van der Waals surface area contributed by atoms with Gasteiger partial charge in [0, 0.05) is 23.2 Å². The summed E-state index contributed by atoms with van der Waals surface area (Å²) in [7, 11) is 1.69. The van der Waals surface area contributed by atoms with Gasteiger partial charge in [-0.15, -0.1) is 0 Å². The number of hydrogen-bond acceptors (Lipinski definition) is 3. The SMILES string of the molecule is Cn1nc(C(=O)NBr)c(N)c1Br. The molecule has 0 spiro atoms. The van der Waals surface area contributed by atoms with Gasteiger partial charge in [0.1, 0.15) is 4.60 Å². The van der Waals surface area contributed by atoms with Gasteiger partial charge in [-0.2, -0.15) is 5.10 Å². The minimum Gasteiger partial charge on any atom is -0.395 e. The minimum atomic E-state index is -0.367. The Kier molecular flexibility index (Phi) is 2.73. The van der Waals surface area contributed by atoms with Crippen molar-refractivity contribution in [3.8, 4) is 0 Å². The number of rotatable bonds is 1. The van der Waals surface area contributed by atoms with Gasteiger partial charge in [0.05, 0.1) is 5.69 Å². The lowest BCUT2D eigenvalue weighted by molar-refractivity contribution is 0.0982. The molecule has 0 atom stereocenters. The second kappa shape index (κ2) is 3.44. The Morgan fingerprint density at radius 2 is 2.33 bits per heavy atom. The van der Waals surface area contributed by atoms with E-state index < -0.39 is 0 Å². The zero-order chi connectivity index (χ0) is 9.30. The summed E-state index contributed by atoms with van der Waals surface area (Å²) in [6.07, 6.45) is 0. The molecular formula is C5H6Br2N4O. The van der Waals surface area contributed by atoms with Crippen molar-refractivity contribution in [2.45, 2.75) is 0 Å². The van der Waals surface area contributed by atoms with Gasteiger partial charge in [-0.3, -0.25) is 13.8 Å². The molecule has 0 radical (unpaired) electrons. The van der Waals surface area contributed by atoms with E-state index in [1.165, 1.54) is 4.68 Å². The molecule has 0 aliphatic heterocycles. The number of amides is 1. The number of nitrogens with zero attached hydrogens (tertiary/aromatic N) is 2. The maximum Gasteiger partial charge on any atom is 0.283 e. The van der Waals surface area contributed by atoms with Crippen molar-refractivity contribution in [1.29, 1.82) is 0 Å². The normalized spacial score (nSPS) is 9.92. The maximum atomic E-state index is 11.1. The predicted molar refractivity (Wildman–Crippen MR) is 51.7 cm³/mol. The summed E-state index contributed by atoms with van der Waals surface area (Å²) in [6, 6.07) is 0. The summed E-state index contributed by atoms with van der Waals surface area (Å²) in [4.78, 5) is 11.1. The van der Waals surface area contributed by atoms with Gasteiger partial charge in [0.15, 0.2) is 5.69 Å². The first-order valence-electron chi connectivity index (χ1n) is 2.97. The second-order valence-corrected chi connectivity index (χ2v) is 3.25. The number of carbonyl (C=O) groups is 1. The first-order valence-corrected chi connectivity index (χ1v) is 4.55. The Bertz CT molecular complexity index is 321. The lowest BCUT2D eigenvalue weighted by atomic mass is 10.4. The summed E-state index contributed by atoms with van der Waals surface area (Å²) < 4.78 is 4.33. The number of anilines is 1. The molecule has 0 bridgehead atoms. The lowest BCUT2D eigenvalue weighted by Crippen LogP contribution is -2.14. The monoisotopic (exact) mass is 296 g/mol. The molecule has 0 aliphatic carbocycles. The maximum absolute atomic E-state index is 11.1. The third-order valence-electron chi connectivity index (χ3n) is 1.31. The van der Waals surface area contributed by atoms with Crippen LogP contribution in [0.2, 0.25) is 0 Å². The second-order valence-electron chi connectivity index (χ2n) is 2.10. The zero-order valence-electron chi connectivity index (χ0n) is 6.14. The van der Waals surface area contributed by atoms with Gasteiger partial charge < -0.3 is 5.73 Å². The highest BCUT2D eigenvalue weighted by molar-refractivity contribution is 9.10.